The highest BCUT2D eigenvalue weighted by atomic mass is 16.5. The summed E-state index contributed by atoms with van der Waals surface area (Å²) < 4.78 is 9.24. The van der Waals surface area contributed by atoms with Crippen LogP contribution < -0.4 is 10.9 Å². The molecule has 1 saturated heterocycles. The fourth-order valence-electron chi connectivity index (χ4n) is 4.22. The smallest absolute Gasteiger partial charge is 0.263 e. The maximum Gasteiger partial charge on any atom is 0.263 e. The Morgan fingerprint density at radius 2 is 2.06 bits per heavy atom. The number of carbonyl (C=O) groups excluding carboxylic acids is 1. The number of hydrogen-bond donors (Lipinski definition) is 1. The molecule has 0 saturated carbocycles. The van der Waals surface area contributed by atoms with Gasteiger partial charge in [0, 0.05) is 31.7 Å². The highest BCUT2D eigenvalue weighted by Crippen LogP contribution is 2.21. The average molecular weight is 421 g/mol. The van der Waals surface area contributed by atoms with Gasteiger partial charge in [-0.15, -0.1) is 0 Å². The average Bonchev–Trinajstić information content (AvgIpc) is 3.41. The van der Waals surface area contributed by atoms with Gasteiger partial charge in [-0.3, -0.25) is 9.59 Å². The molecule has 3 aromatic rings. The van der Waals surface area contributed by atoms with Crippen molar-refractivity contribution in [3.8, 4) is 0 Å². The van der Waals surface area contributed by atoms with Crippen LogP contribution in [0.25, 0.3) is 0 Å². The van der Waals surface area contributed by atoms with Crippen molar-refractivity contribution in [1.82, 2.24) is 19.4 Å². The Hall–Kier alpha value is -3.19. The zero-order valence-electron chi connectivity index (χ0n) is 18.2. The van der Waals surface area contributed by atoms with E-state index in [1.807, 2.05) is 61.1 Å². The second-order valence-electron chi connectivity index (χ2n) is 8.11. The Labute approximate surface area is 181 Å². The minimum atomic E-state index is -0.472. The van der Waals surface area contributed by atoms with Crippen LogP contribution >= 0.6 is 0 Å². The van der Waals surface area contributed by atoms with E-state index in [4.69, 9.17) is 4.74 Å². The third-order valence-corrected chi connectivity index (χ3v) is 5.87. The highest BCUT2D eigenvalue weighted by molar-refractivity contribution is 5.95. The molecule has 4 rings (SSSR count). The van der Waals surface area contributed by atoms with Crippen LogP contribution in [0.4, 0.5) is 0 Å². The van der Waals surface area contributed by atoms with Gasteiger partial charge in [0.05, 0.1) is 12.6 Å². The Bertz CT molecular complexity index is 1130. The number of nitrogens with one attached hydrogen (secondary N) is 1. The molecule has 2 aromatic heterocycles. The van der Waals surface area contributed by atoms with Crippen molar-refractivity contribution < 1.29 is 9.53 Å². The first-order chi connectivity index (χ1) is 15.0. The van der Waals surface area contributed by atoms with E-state index in [9.17, 15) is 9.59 Å². The van der Waals surface area contributed by atoms with Crippen molar-refractivity contribution >= 4 is 5.91 Å². The molecular weight excluding hydrogens is 392 g/mol. The zero-order chi connectivity index (χ0) is 22.0. The number of pyridine rings is 1. The van der Waals surface area contributed by atoms with Crippen LogP contribution in [0.3, 0.4) is 0 Å². The number of aromatic nitrogens is 3. The predicted octanol–water partition coefficient (Wildman–Crippen LogP) is 2.90. The Kier molecular flexibility index (Phi) is 6.04. The SMILES string of the molecule is Cc1cc(C)n(C[C@@H]2CCCO2)c(=O)c1C(=O)N[C@H](c1ccccc1)c1nccn1C. The summed E-state index contributed by atoms with van der Waals surface area (Å²) in [6.45, 7) is 4.89. The lowest BCUT2D eigenvalue weighted by Gasteiger charge is -2.21. The lowest BCUT2D eigenvalue weighted by atomic mass is 10.0. The predicted molar refractivity (Wildman–Crippen MR) is 118 cm³/mol. The molecule has 3 heterocycles. The second-order valence-corrected chi connectivity index (χ2v) is 8.11. The Balaban J connectivity index is 1.69. The molecule has 0 spiro atoms. The molecule has 1 aliphatic heterocycles. The van der Waals surface area contributed by atoms with Gasteiger partial charge in [-0.2, -0.15) is 0 Å². The molecule has 7 heteroatoms. The van der Waals surface area contributed by atoms with Gasteiger partial charge in [0.2, 0.25) is 0 Å². The maximum absolute atomic E-state index is 13.4. The summed E-state index contributed by atoms with van der Waals surface area (Å²) in [6, 6.07) is 11.1. The minimum Gasteiger partial charge on any atom is -0.376 e. The van der Waals surface area contributed by atoms with Gasteiger partial charge >= 0.3 is 0 Å². The molecule has 0 bridgehead atoms. The molecule has 0 radical (unpaired) electrons. The first-order valence-corrected chi connectivity index (χ1v) is 10.6. The van der Waals surface area contributed by atoms with Crippen LogP contribution in [0.5, 0.6) is 0 Å². The van der Waals surface area contributed by atoms with E-state index >= 15 is 0 Å². The number of hydrogen-bond acceptors (Lipinski definition) is 4. The number of rotatable bonds is 6. The summed E-state index contributed by atoms with van der Waals surface area (Å²) in [7, 11) is 1.89. The summed E-state index contributed by atoms with van der Waals surface area (Å²) in [5.41, 5.74) is 2.28. The second kappa shape index (κ2) is 8.89. The fourth-order valence-corrected chi connectivity index (χ4v) is 4.22. The summed E-state index contributed by atoms with van der Waals surface area (Å²) in [4.78, 5) is 31.2. The van der Waals surface area contributed by atoms with E-state index in [0.29, 0.717) is 17.9 Å². The van der Waals surface area contributed by atoms with Gasteiger partial charge in [-0.1, -0.05) is 30.3 Å². The Morgan fingerprint density at radius 1 is 1.29 bits per heavy atom. The molecule has 1 fully saturated rings. The molecule has 31 heavy (non-hydrogen) atoms. The van der Waals surface area contributed by atoms with Crippen LogP contribution in [0, 0.1) is 13.8 Å². The minimum absolute atomic E-state index is 0.0136. The Morgan fingerprint density at radius 3 is 2.71 bits per heavy atom. The van der Waals surface area contributed by atoms with Crippen molar-refractivity contribution in [2.45, 2.75) is 45.4 Å². The largest absolute Gasteiger partial charge is 0.376 e. The zero-order valence-corrected chi connectivity index (χ0v) is 18.2. The van der Waals surface area contributed by atoms with Gasteiger partial charge in [0.15, 0.2) is 0 Å². The van der Waals surface area contributed by atoms with E-state index in [1.165, 1.54) is 0 Å². The van der Waals surface area contributed by atoms with Crippen molar-refractivity contribution in [3.63, 3.8) is 0 Å². The number of nitrogens with zero attached hydrogens (tertiary/aromatic N) is 3. The number of amides is 1. The molecule has 2 atom stereocenters. The third-order valence-electron chi connectivity index (χ3n) is 5.87. The van der Waals surface area contributed by atoms with Crippen LogP contribution in [0.15, 0.2) is 53.6 Å². The lowest BCUT2D eigenvalue weighted by Crippen LogP contribution is -2.39. The number of ether oxygens (including phenoxy) is 1. The van der Waals surface area contributed by atoms with Crippen LogP contribution in [0.2, 0.25) is 0 Å². The lowest BCUT2D eigenvalue weighted by molar-refractivity contribution is 0.0919. The maximum atomic E-state index is 13.4. The summed E-state index contributed by atoms with van der Waals surface area (Å²) >= 11 is 0. The molecule has 1 amide bonds. The van der Waals surface area contributed by atoms with Gasteiger partial charge in [0.1, 0.15) is 17.4 Å². The summed E-state index contributed by atoms with van der Waals surface area (Å²) in [6.07, 6.45) is 5.47. The van der Waals surface area contributed by atoms with Gasteiger partial charge < -0.3 is 19.2 Å². The molecule has 0 aliphatic carbocycles. The molecular formula is C24H28N4O3. The van der Waals surface area contributed by atoms with Crippen molar-refractivity contribution in [2.75, 3.05) is 6.61 Å². The standard InChI is InChI=1S/C24H28N4O3/c1-16-14-17(2)28(15-19-10-7-13-31-19)24(30)20(16)23(29)26-21(18-8-5-4-6-9-18)22-25-11-12-27(22)3/h4-6,8-9,11-12,14,19,21H,7,10,13,15H2,1-3H3,(H,26,29)/t19-,21+/m0/s1. The molecule has 7 nitrogen and oxygen atoms in total. The quantitative estimate of drug-likeness (QED) is 0.665. The molecule has 1 N–H and O–H groups in total. The highest BCUT2D eigenvalue weighted by Gasteiger charge is 2.26. The van der Waals surface area contributed by atoms with Crippen molar-refractivity contribution in [2.24, 2.45) is 7.05 Å². The molecule has 0 unspecified atom stereocenters. The van der Waals surface area contributed by atoms with Crippen molar-refractivity contribution in [3.05, 3.63) is 87.4 Å². The normalized spacial score (nSPS) is 16.9. The number of benzene rings is 1. The van der Waals surface area contributed by atoms with E-state index in [-0.39, 0.29) is 17.2 Å². The first kappa shape index (κ1) is 21.1. The summed E-state index contributed by atoms with van der Waals surface area (Å²) in [5.74, 6) is 0.296. The summed E-state index contributed by atoms with van der Waals surface area (Å²) in [5, 5.41) is 3.05. The van der Waals surface area contributed by atoms with Gasteiger partial charge in [-0.05, 0) is 43.9 Å². The van der Waals surface area contributed by atoms with Gasteiger partial charge in [0.25, 0.3) is 11.5 Å². The number of aryl methyl sites for hydroxylation is 3. The molecule has 162 valence electrons. The van der Waals surface area contributed by atoms with Crippen LogP contribution in [-0.4, -0.2) is 32.7 Å². The van der Waals surface area contributed by atoms with E-state index in [2.05, 4.69) is 10.3 Å². The van der Waals surface area contributed by atoms with Crippen LogP contribution in [0.1, 0.15) is 51.9 Å². The van der Waals surface area contributed by atoms with Crippen molar-refractivity contribution in [1.29, 1.82) is 0 Å². The topological polar surface area (TPSA) is 78.2 Å². The van der Waals surface area contributed by atoms with E-state index in [1.54, 1.807) is 17.7 Å². The number of carbonyl (C=O) groups is 1. The molecule has 1 aliphatic rings. The van der Waals surface area contributed by atoms with Crippen LogP contribution in [-0.2, 0) is 18.3 Å². The molecule has 1 aromatic carbocycles. The first-order valence-electron chi connectivity index (χ1n) is 10.6. The van der Waals surface area contributed by atoms with E-state index in [0.717, 1.165) is 30.7 Å². The fraction of sp³-hybridized carbons (Fsp3) is 0.375. The third kappa shape index (κ3) is 4.32. The van der Waals surface area contributed by atoms with E-state index < -0.39 is 11.9 Å². The number of imidazole rings is 1. The monoisotopic (exact) mass is 420 g/mol. The van der Waals surface area contributed by atoms with Gasteiger partial charge in [-0.25, -0.2) is 4.98 Å².